The standard InChI is InChI=1S/C28H30ClN5O6S/c1-31(2)9-10-40-19-5-8-23-17(11-19)12-24(30-23)28(35)33-16-18(15-29)27-21-7-6-20(41(38,39)32(3)4)13-22(21)25(34(36)37)14-26(27)33/h5-8,11-14,18,30H,9-10,15-16H2,1-4H3. The molecule has 41 heavy (non-hydrogen) atoms. The molecular weight excluding hydrogens is 570 g/mol. The number of nitrogens with one attached hydrogen (secondary N) is 1. The Hall–Kier alpha value is -3.71. The van der Waals surface area contributed by atoms with E-state index in [0.29, 0.717) is 34.7 Å². The third-order valence-corrected chi connectivity index (χ3v) is 9.43. The van der Waals surface area contributed by atoms with Crippen molar-refractivity contribution in [2.24, 2.45) is 0 Å². The third kappa shape index (κ3) is 5.23. The van der Waals surface area contributed by atoms with Crippen LogP contribution in [0.15, 0.2) is 53.4 Å². The predicted molar refractivity (Wildman–Crippen MR) is 159 cm³/mol. The molecule has 0 saturated carbocycles. The number of nitro groups is 1. The first-order valence-electron chi connectivity index (χ1n) is 12.9. The molecule has 0 bridgehead atoms. The molecule has 1 atom stereocenters. The molecule has 0 aliphatic carbocycles. The number of carbonyl (C=O) groups is 1. The molecule has 1 N–H and O–H groups in total. The third-order valence-electron chi connectivity index (χ3n) is 7.25. The van der Waals surface area contributed by atoms with Crippen molar-refractivity contribution in [3.05, 3.63) is 69.9 Å². The molecular formula is C28H30ClN5O6S. The number of halogens is 1. The Kier molecular flexibility index (Phi) is 7.68. The van der Waals surface area contributed by atoms with Gasteiger partial charge in [0.25, 0.3) is 11.6 Å². The zero-order valence-corrected chi connectivity index (χ0v) is 24.6. The van der Waals surface area contributed by atoms with Crippen molar-refractivity contribution in [3.63, 3.8) is 0 Å². The lowest BCUT2D eigenvalue weighted by molar-refractivity contribution is -0.383. The van der Waals surface area contributed by atoms with Gasteiger partial charge in [-0.05, 0) is 61.4 Å². The summed E-state index contributed by atoms with van der Waals surface area (Å²) in [4.78, 5) is 32.0. The van der Waals surface area contributed by atoms with Gasteiger partial charge < -0.3 is 19.5 Å². The summed E-state index contributed by atoms with van der Waals surface area (Å²) in [5.74, 6) is 0.188. The lowest BCUT2D eigenvalue weighted by atomic mass is 9.95. The molecule has 1 aliphatic rings. The fourth-order valence-corrected chi connectivity index (χ4v) is 6.28. The van der Waals surface area contributed by atoms with E-state index in [1.54, 1.807) is 12.1 Å². The number of sulfonamides is 1. The molecule has 5 rings (SSSR count). The Bertz CT molecular complexity index is 1790. The van der Waals surface area contributed by atoms with Gasteiger partial charge in [-0.15, -0.1) is 11.6 Å². The fourth-order valence-electron chi connectivity index (χ4n) is 5.10. The molecule has 0 saturated heterocycles. The number of non-ortho nitro benzene ring substituents is 1. The van der Waals surface area contributed by atoms with Gasteiger partial charge in [0, 0.05) is 56.0 Å². The van der Waals surface area contributed by atoms with Crippen molar-refractivity contribution in [1.82, 2.24) is 14.2 Å². The number of hydrogen-bond donors (Lipinski definition) is 1. The normalized spacial score (nSPS) is 15.3. The number of nitrogens with zero attached hydrogens (tertiary/aromatic N) is 4. The molecule has 0 spiro atoms. The first-order chi connectivity index (χ1) is 19.4. The highest BCUT2D eigenvalue weighted by Crippen LogP contribution is 2.46. The predicted octanol–water partition coefficient (Wildman–Crippen LogP) is 4.40. The van der Waals surface area contributed by atoms with Crippen LogP contribution >= 0.6 is 11.6 Å². The first kappa shape index (κ1) is 28.8. The van der Waals surface area contributed by atoms with Crippen LogP contribution in [-0.2, 0) is 10.0 Å². The van der Waals surface area contributed by atoms with Crippen LogP contribution in [0.1, 0.15) is 22.0 Å². The maximum Gasteiger partial charge on any atom is 0.279 e. The van der Waals surface area contributed by atoms with Gasteiger partial charge in [-0.1, -0.05) is 6.07 Å². The minimum Gasteiger partial charge on any atom is -0.492 e. The SMILES string of the molecule is CN(C)CCOc1ccc2[nH]c(C(=O)N3CC(CCl)c4c3cc([N+](=O)[O-])c3cc(S(=O)(=O)N(C)C)ccc43)cc2c1. The minimum atomic E-state index is -3.82. The highest BCUT2D eigenvalue weighted by Gasteiger charge is 2.37. The summed E-state index contributed by atoms with van der Waals surface area (Å²) >= 11 is 6.34. The number of carbonyl (C=O) groups excluding carboxylic acids is 1. The zero-order valence-electron chi connectivity index (χ0n) is 23.0. The van der Waals surface area contributed by atoms with Gasteiger partial charge in [-0.2, -0.15) is 0 Å². The van der Waals surface area contributed by atoms with Gasteiger partial charge in [0.1, 0.15) is 18.1 Å². The van der Waals surface area contributed by atoms with Gasteiger partial charge in [0.2, 0.25) is 10.0 Å². The largest absolute Gasteiger partial charge is 0.492 e. The van der Waals surface area contributed by atoms with Crippen LogP contribution in [0.3, 0.4) is 0 Å². The topological polar surface area (TPSA) is 129 Å². The summed E-state index contributed by atoms with van der Waals surface area (Å²) in [6, 6.07) is 12.9. The number of aromatic amines is 1. The Morgan fingerprint density at radius 1 is 1.12 bits per heavy atom. The summed E-state index contributed by atoms with van der Waals surface area (Å²) in [5.41, 5.74) is 1.84. The average molecular weight is 600 g/mol. The number of alkyl halides is 1. The lowest BCUT2D eigenvalue weighted by Crippen LogP contribution is -2.30. The maximum atomic E-state index is 13.8. The number of benzene rings is 3. The Morgan fingerprint density at radius 2 is 1.88 bits per heavy atom. The number of likely N-dealkylation sites (N-methyl/N-ethyl adjacent to an activating group) is 1. The maximum absolute atomic E-state index is 13.8. The van der Waals surface area contributed by atoms with E-state index in [-0.39, 0.29) is 40.2 Å². The van der Waals surface area contributed by atoms with E-state index < -0.39 is 14.9 Å². The Morgan fingerprint density at radius 3 is 2.54 bits per heavy atom. The fraction of sp³-hybridized carbons (Fsp3) is 0.321. The van der Waals surface area contributed by atoms with E-state index in [1.807, 2.05) is 37.2 Å². The van der Waals surface area contributed by atoms with E-state index in [2.05, 4.69) is 4.98 Å². The van der Waals surface area contributed by atoms with Crippen molar-refractivity contribution in [2.75, 3.05) is 58.7 Å². The molecule has 11 nitrogen and oxygen atoms in total. The van der Waals surface area contributed by atoms with Crippen molar-refractivity contribution >= 4 is 60.6 Å². The number of fused-ring (bicyclic) bond motifs is 4. The number of H-pyrrole nitrogens is 1. The second kappa shape index (κ2) is 10.9. The Balaban J connectivity index is 1.56. The van der Waals surface area contributed by atoms with E-state index in [9.17, 15) is 23.3 Å². The number of ether oxygens (including phenoxy) is 1. The van der Waals surface area contributed by atoms with Gasteiger partial charge >= 0.3 is 0 Å². The zero-order chi connectivity index (χ0) is 29.6. The van der Waals surface area contributed by atoms with Gasteiger partial charge in [0.05, 0.1) is 20.9 Å². The van der Waals surface area contributed by atoms with Crippen LogP contribution in [0.25, 0.3) is 21.7 Å². The van der Waals surface area contributed by atoms with Crippen LogP contribution in [0, 0.1) is 10.1 Å². The summed E-state index contributed by atoms with van der Waals surface area (Å²) < 4.78 is 32.4. The second-order valence-corrected chi connectivity index (χ2v) is 12.9. The van der Waals surface area contributed by atoms with Gasteiger partial charge in [-0.25, -0.2) is 12.7 Å². The molecule has 216 valence electrons. The van der Waals surface area contributed by atoms with Crippen LogP contribution in [0.4, 0.5) is 11.4 Å². The van der Waals surface area contributed by atoms with E-state index in [1.165, 1.54) is 37.2 Å². The molecule has 13 heteroatoms. The van der Waals surface area contributed by atoms with Crippen LogP contribution in [-0.4, -0.2) is 87.2 Å². The second-order valence-electron chi connectivity index (χ2n) is 10.4. The van der Waals surface area contributed by atoms with Gasteiger partial charge in [0.15, 0.2) is 0 Å². The highest BCUT2D eigenvalue weighted by atomic mass is 35.5. The first-order valence-corrected chi connectivity index (χ1v) is 14.9. The molecule has 4 aromatic rings. The molecule has 0 radical (unpaired) electrons. The van der Waals surface area contributed by atoms with Crippen LogP contribution in [0.5, 0.6) is 5.75 Å². The molecule has 1 amide bonds. The number of rotatable bonds is 9. The molecule has 0 fully saturated rings. The monoisotopic (exact) mass is 599 g/mol. The molecule has 1 aliphatic heterocycles. The van der Waals surface area contributed by atoms with E-state index in [4.69, 9.17) is 16.3 Å². The lowest BCUT2D eigenvalue weighted by Gasteiger charge is -2.17. The summed E-state index contributed by atoms with van der Waals surface area (Å²) in [6.45, 7) is 1.51. The van der Waals surface area contributed by atoms with Crippen molar-refractivity contribution in [2.45, 2.75) is 10.8 Å². The number of nitro benzene ring substituents is 1. The van der Waals surface area contributed by atoms with Gasteiger partial charge in [-0.3, -0.25) is 14.9 Å². The van der Waals surface area contributed by atoms with Crippen LogP contribution in [0.2, 0.25) is 0 Å². The average Bonchev–Trinajstić information content (AvgIpc) is 3.52. The van der Waals surface area contributed by atoms with Crippen molar-refractivity contribution < 1.29 is 22.9 Å². The molecule has 1 unspecified atom stereocenters. The molecule has 1 aromatic heterocycles. The summed E-state index contributed by atoms with van der Waals surface area (Å²) in [5, 5.41) is 13.6. The Labute approximate surface area is 242 Å². The number of hydrogen-bond acceptors (Lipinski definition) is 7. The van der Waals surface area contributed by atoms with E-state index >= 15 is 0 Å². The minimum absolute atomic E-state index is 0.0606. The highest BCUT2D eigenvalue weighted by molar-refractivity contribution is 7.89. The number of aromatic nitrogens is 1. The summed E-state index contributed by atoms with van der Waals surface area (Å²) in [7, 11) is 2.90. The smallest absolute Gasteiger partial charge is 0.279 e. The molecule has 2 heterocycles. The molecule has 3 aromatic carbocycles. The van der Waals surface area contributed by atoms with E-state index in [0.717, 1.165) is 21.8 Å². The quantitative estimate of drug-likeness (QED) is 0.171. The van der Waals surface area contributed by atoms with Crippen molar-refractivity contribution in [1.29, 1.82) is 0 Å². The summed E-state index contributed by atoms with van der Waals surface area (Å²) in [6.07, 6.45) is 0. The van der Waals surface area contributed by atoms with Crippen molar-refractivity contribution in [3.8, 4) is 5.75 Å². The number of amides is 1. The van der Waals surface area contributed by atoms with Crippen LogP contribution < -0.4 is 9.64 Å². The number of anilines is 1.